The standard InChI is InChI=1S/C16H25N3O3/c20-13-7-5-12(6-8-13)17-14(21)9-10-15-18-16(19-22-15)11-3-1-2-4-11/h11-13,20H,1-10H2,(H,17,21). The van der Waals surface area contributed by atoms with E-state index in [0.717, 1.165) is 44.3 Å². The Labute approximate surface area is 130 Å². The molecule has 6 heteroatoms. The van der Waals surface area contributed by atoms with Gasteiger partial charge in [0.25, 0.3) is 0 Å². The van der Waals surface area contributed by atoms with E-state index in [1.54, 1.807) is 0 Å². The van der Waals surface area contributed by atoms with Crippen LogP contribution in [0.1, 0.15) is 75.4 Å². The number of aliphatic hydroxyl groups is 1. The van der Waals surface area contributed by atoms with Gasteiger partial charge in [-0.05, 0) is 38.5 Å². The van der Waals surface area contributed by atoms with Crippen molar-refractivity contribution in [1.29, 1.82) is 0 Å². The van der Waals surface area contributed by atoms with Crippen molar-refractivity contribution >= 4 is 5.91 Å². The highest BCUT2D eigenvalue weighted by Gasteiger charge is 2.23. The zero-order chi connectivity index (χ0) is 15.4. The van der Waals surface area contributed by atoms with E-state index in [4.69, 9.17) is 4.52 Å². The van der Waals surface area contributed by atoms with Crippen LogP contribution in [0.5, 0.6) is 0 Å². The maximum Gasteiger partial charge on any atom is 0.227 e. The lowest BCUT2D eigenvalue weighted by Gasteiger charge is -2.26. The molecule has 2 N–H and O–H groups in total. The molecule has 0 bridgehead atoms. The van der Waals surface area contributed by atoms with Crippen LogP contribution >= 0.6 is 0 Å². The molecule has 3 rings (SSSR count). The molecule has 0 atom stereocenters. The Morgan fingerprint density at radius 3 is 2.64 bits per heavy atom. The predicted octanol–water partition coefficient (Wildman–Crippen LogP) is 2.08. The highest BCUT2D eigenvalue weighted by Crippen LogP contribution is 2.32. The summed E-state index contributed by atoms with van der Waals surface area (Å²) in [4.78, 5) is 16.4. The topological polar surface area (TPSA) is 88.2 Å². The number of amides is 1. The van der Waals surface area contributed by atoms with Crippen molar-refractivity contribution in [2.75, 3.05) is 0 Å². The first-order valence-corrected chi connectivity index (χ1v) is 8.50. The number of aliphatic hydroxyl groups excluding tert-OH is 1. The number of nitrogens with one attached hydrogen (secondary N) is 1. The Morgan fingerprint density at radius 1 is 1.18 bits per heavy atom. The highest BCUT2D eigenvalue weighted by atomic mass is 16.5. The van der Waals surface area contributed by atoms with E-state index < -0.39 is 0 Å². The normalized spacial score (nSPS) is 26.2. The number of rotatable bonds is 5. The van der Waals surface area contributed by atoms with Gasteiger partial charge in [0.15, 0.2) is 5.82 Å². The molecule has 2 aliphatic rings. The Kier molecular flexibility index (Phi) is 5.08. The first kappa shape index (κ1) is 15.5. The molecule has 2 fully saturated rings. The number of aromatic nitrogens is 2. The third kappa shape index (κ3) is 4.06. The molecule has 1 amide bonds. The summed E-state index contributed by atoms with van der Waals surface area (Å²) in [6.45, 7) is 0. The average molecular weight is 307 g/mol. The molecule has 0 unspecified atom stereocenters. The minimum absolute atomic E-state index is 0.0296. The smallest absolute Gasteiger partial charge is 0.227 e. The van der Waals surface area contributed by atoms with Crippen LogP contribution in [-0.2, 0) is 11.2 Å². The molecule has 0 aromatic carbocycles. The van der Waals surface area contributed by atoms with Crippen molar-refractivity contribution in [2.45, 2.75) is 82.3 Å². The van der Waals surface area contributed by atoms with Crippen LogP contribution < -0.4 is 5.32 Å². The molecule has 1 aromatic heterocycles. The Morgan fingerprint density at radius 2 is 1.91 bits per heavy atom. The van der Waals surface area contributed by atoms with Gasteiger partial charge < -0.3 is 14.9 Å². The lowest BCUT2D eigenvalue weighted by Crippen LogP contribution is -2.38. The van der Waals surface area contributed by atoms with Crippen molar-refractivity contribution in [3.63, 3.8) is 0 Å². The first-order valence-electron chi connectivity index (χ1n) is 8.50. The second-order valence-electron chi connectivity index (χ2n) is 6.60. The minimum Gasteiger partial charge on any atom is -0.393 e. The van der Waals surface area contributed by atoms with Gasteiger partial charge >= 0.3 is 0 Å². The Balaban J connectivity index is 1.41. The third-order valence-corrected chi connectivity index (χ3v) is 4.83. The summed E-state index contributed by atoms with van der Waals surface area (Å²) in [5.41, 5.74) is 0. The van der Waals surface area contributed by atoms with E-state index in [9.17, 15) is 9.90 Å². The van der Waals surface area contributed by atoms with Gasteiger partial charge in [-0.15, -0.1) is 0 Å². The van der Waals surface area contributed by atoms with Crippen LogP contribution in [0.4, 0.5) is 0 Å². The lowest BCUT2D eigenvalue weighted by molar-refractivity contribution is -0.122. The van der Waals surface area contributed by atoms with E-state index >= 15 is 0 Å². The second-order valence-corrected chi connectivity index (χ2v) is 6.60. The number of nitrogens with zero attached hydrogens (tertiary/aromatic N) is 2. The number of carbonyl (C=O) groups excluding carboxylic acids is 1. The molecular weight excluding hydrogens is 282 g/mol. The summed E-state index contributed by atoms with van der Waals surface area (Å²) >= 11 is 0. The minimum atomic E-state index is -0.194. The van der Waals surface area contributed by atoms with Crippen LogP contribution in [0.3, 0.4) is 0 Å². The van der Waals surface area contributed by atoms with Crippen molar-refractivity contribution in [1.82, 2.24) is 15.5 Å². The lowest BCUT2D eigenvalue weighted by atomic mass is 9.93. The Hall–Kier alpha value is -1.43. The van der Waals surface area contributed by atoms with Gasteiger partial charge in [0.05, 0.1) is 6.10 Å². The number of carbonyl (C=O) groups is 1. The molecule has 0 aliphatic heterocycles. The van der Waals surface area contributed by atoms with E-state index in [-0.39, 0.29) is 18.1 Å². The molecular formula is C16H25N3O3. The molecule has 2 saturated carbocycles. The number of aryl methyl sites for hydroxylation is 1. The molecule has 6 nitrogen and oxygen atoms in total. The van der Waals surface area contributed by atoms with Crippen LogP contribution in [0.2, 0.25) is 0 Å². The average Bonchev–Trinajstić information content (AvgIpc) is 3.18. The first-order chi connectivity index (χ1) is 10.7. The number of hydrogen-bond donors (Lipinski definition) is 2. The van der Waals surface area contributed by atoms with Crippen LogP contribution in [-0.4, -0.2) is 33.3 Å². The van der Waals surface area contributed by atoms with Gasteiger partial charge in [0, 0.05) is 24.8 Å². The molecule has 0 spiro atoms. The fraction of sp³-hybridized carbons (Fsp3) is 0.812. The molecule has 1 heterocycles. The molecule has 1 aromatic rings. The van der Waals surface area contributed by atoms with Gasteiger partial charge in [-0.25, -0.2) is 0 Å². The molecule has 22 heavy (non-hydrogen) atoms. The largest absolute Gasteiger partial charge is 0.393 e. The molecule has 122 valence electrons. The summed E-state index contributed by atoms with van der Waals surface area (Å²) in [5, 5.41) is 16.6. The van der Waals surface area contributed by atoms with E-state index in [2.05, 4.69) is 15.5 Å². The van der Waals surface area contributed by atoms with E-state index in [1.165, 1.54) is 12.8 Å². The van der Waals surface area contributed by atoms with Crippen molar-refractivity contribution in [3.05, 3.63) is 11.7 Å². The molecule has 0 radical (unpaired) electrons. The SMILES string of the molecule is O=C(CCc1nc(C2CCCC2)no1)NC1CCC(O)CC1. The summed E-state index contributed by atoms with van der Waals surface area (Å²) < 4.78 is 5.26. The predicted molar refractivity (Wildman–Crippen MR) is 80.2 cm³/mol. The van der Waals surface area contributed by atoms with E-state index in [1.807, 2.05) is 0 Å². The fourth-order valence-electron chi connectivity index (χ4n) is 3.46. The highest BCUT2D eigenvalue weighted by molar-refractivity contribution is 5.76. The van der Waals surface area contributed by atoms with Gasteiger partial charge in [-0.1, -0.05) is 18.0 Å². The summed E-state index contributed by atoms with van der Waals surface area (Å²) in [7, 11) is 0. The zero-order valence-corrected chi connectivity index (χ0v) is 13.0. The van der Waals surface area contributed by atoms with Crippen LogP contribution in [0, 0.1) is 0 Å². The van der Waals surface area contributed by atoms with E-state index in [0.29, 0.717) is 24.7 Å². The van der Waals surface area contributed by atoms with Gasteiger partial charge in [-0.2, -0.15) is 4.98 Å². The monoisotopic (exact) mass is 307 g/mol. The summed E-state index contributed by atoms with van der Waals surface area (Å²) in [6, 6.07) is 0.202. The van der Waals surface area contributed by atoms with Gasteiger partial charge in [-0.3, -0.25) is 4.79 Å². The molecule has 0 saturated heterocycles. The van der Waals surface area contributed by atoms with Crippen molar-refractivity contribution in [3.8, 4) is 0 Å². The second kappa shape index (κ2) is 7.22. The molecule has 2 aliphatic carbocycles. The van der Waals surface area contributed by atoms with Crippen LogP contribution in [0.25, 0.3) is 0 Å². The maximum absolute atomic E-state index is 12.0. The fourth-order valence-corrected chi connectivity index (χ4v) is 3.46. The quantitative estimate of drug-likeness (QED) is 0.869. The van der Waals surface area contributed by atoms with Crippen molar-refractivity contribution < 1.29 is 14.4 Å². The Bertz CT molecular complexity index is 489. The zero-order valence-electron chi connectivity index (χ0n) is 13.0. The summed E-state index contributed by atoms with van der Waals surface area (Å²) in [5.74, 6) is 1.85. The summed E-state index contributed by atoms with van der Waals surface area (Å²) in [6.07, 6.45) is 8.74. The van der Waals surface area contributed by atoms with Crippen molar-refractivity contribution in [2.24, 2.45) is 0 Å². The van der Waals surface area contributed by atoms with Gasteiger partial charge in [0.2, 0.25) is 11.8 Å². The van der Waals surface area contributed by atoms with Gasteiger partial charge in [0.1, 0.15) is 0 Å². The third-order valence-electron chi connectivity index (χ3n) is 4.83. The van der Waals surface area contributed by atoms with Crippen LogP contribution in [0.15, 0.2) is 4.52 Å². The number of hydrogen-bond acceptors (Lipinski definition) is 5. The maximum atomic E-state index is 12.0.